The fourth-order valence-electron chi connectivity index (χ4n) is 9.01. The number of fused-ring (bicyclic) bond motifs is 3. The third-order valence-corrected chi connectivity index (χ3v) is 19.4. The molecule has 0 amide bonds. The van der Waals surface area contributed by atoms with E-state index in [0.29, 0.717) is 0 Å². The SMILES string of the molecule is CCCC[C](CCCC)=[Zr+2]([C]1=CC=CC1)[c]1c2c(cc(C(C)(C)C)c1-c1cc(C)cc(C)c1)-c1cc(C(C)(C)C)c(-c3cc(C)cc(C)c3)cc1C2.[Cl-].[Cl-]. The molecule has 0 N–H and O–H groups in total. The predicted octanol–water partition coefficient (Wildman–Crippen LogP) is 8.07. The van der Waals surface area contributed by atoms with Crippen LogP contribution in [0.1, 0.15) is 145 Å². The summed E-state index contributed by atoms with van der Waals surface area (Å²) >= 11 is -2.62. The van der Waals surface area contributed by atoms with Crippen molar-refractivity contribution >= 4 is 6.48 Å². The van der Waals surface area contributed by atoms with Crippen molar-refractivity contribution in [2.24, 2.45) is 0 Å². The van der Waals surface area contributed by atoms with E-state index in [-0.39, 0.29) is 35.6 Å². The van der Waals surface area contributed by atoms with Crippen LogP contribution >= 0.6 is 0 Å². The maximum absolute atomic E-state index is 2.67. The Morgan fingerprint density at radius 3 is 1.61 bits per heavy atom. The molecule has 2 aliphatic rings. The van der Waals surface area contributed by atoms with Gasteiger partial charge in [0.05, 0.1) is 0 Å². The van der Waals surface area contributed by atoms with Crippen LogP contribution in [-0.2, 0) is 38.5 Å². The predicted molar refractivity (Wildman–Crippen MR) is 227 cm³/mol. The number of benzene rings is 4. The van der Waals surface area contributed by atoms with Gasteiger partial charge in [-0.15, -0.1) is 0 Å². The minimum atomic E-state index is -2.62. The largest absolute Gasteiger partial charge is 1.00 e. The van der Waals surface area contributed by atoms with Crippen LogP contribution in [0.15, 0.2) is 76.1 Å². The van der Waals surface area contributed by atoms with Gasteiger partial charge in [-0.25, -0.2) is 0 Å². The smallest absolute Gasteiger partial charge is 1.00 e. The Labute approximate surface area is 349 Å². The van der Waals surface area contributed by atoms with E-state index in [2.05, 4.69) is 156 Å². The number of hydrogen-bond acceptors (Lipinski definition) is 0. The maximum atomic E-state index is 2.67. The van der Waals surface area contributed by atoms with Crippen LogP contribution in [0.25, 0.3) is 33.4 Å². The van der Waals surface area contributed by atoms with Crippen LogP contribution in [0.5, 0.6) is 0 Å². The molecule has 4 aromatic rings. The van der Waals surface area contributed by atoms with Gasteiger partial charge in [-0.2, -0.15) is 0 Å². The molecule has 0 unspecified atom stereocenters. The molecule has 0 spiro atoms. The first-order valence-electron chi connectivity index (χ1n) is 20.2. The standard InChI is InChI=1S/C37H41.C9H18.C5H5.2ClH.Zr/c1-22-11-23(2)14-26(13-22)32-18-28-17-29-19-33(27-15-24(3)12-25(4)16-27)35(37(8,9)10)21-31(29)30(28)20-34(32)36(5,6)7;1-3-5-7-9-8-6-4-2;1-2-4-5-3-1;;;/h11-16,18,20-21H,17H2,1-10H3;3-8H2,1-2H3;1-3H,4H2;2*1H;/q;;;;;+2/p-2. The zero-order valence-electron chi connectivity index (χ0n) is 35.3. The van der Waals surface area contributed by atoms with Crippen molar-refractivity contribution in [1.82, 2.24) is 0 Å². The van der Waals surface area contributed by atoms with Crippen LogP contribution < -0.4 is 28.1 Å². The molecule has 0 heterocycles. The number of halogens is 2. The van der Waals surface area contributed by atoms with E-state index in [4.69, 9.17) is 0 Å². The number of allylic oxidation sites excluding steroid dienone is 4. The number of aryl methyl sites for hydroxylation is 4. The normalized spacial score (nSPS) is 13.1. The van der Waals surface area contributed by atoms with Crippen molar-refractivity contribution in [3.05, 3.63) is 121 Å². The van der Waals surface area contributed by atoms with E-state index in [1.54, 1.807) is 17.7 Å². The summed E-state index contributed by atoms with van der Waals surface area (Å²) in [6, 6.07) is 22.4. The van der Waals surface area contributed by atoms with Crippen molar-refractivity contribution in [2.45, 2.75) is 145 Å². The van der Waals surface area contributed by atoms with E-state index in [0.717, 1.165) is 12.8 Å². The minimum Gasteiger partial charge on any atom is -1.00 e. The van der Waals surface area contributed by atoms with Gasteiger partial charge in [-0.1, -0.05) is 0 Å². The Balaban J connectivity index is 0.00000325. The van der Waals surface area contributed by atoms with E-state index in [1.165, 1.54) is 105 Å². The summed E-state index contributed by atoms with van der Waals surface area (Å²) in [5, 5.41) is 0. The van der Waals surface area contributed by atoms with Crippen molar-refractivity contribution in [3.63, 3.8) is 0 Å². The van der Waals surface area contributed by atoms with Crippen LogP contribution in [-0.4, -0.2) is 3.21 Å². The molecular formula is C51H64Cl2Zr. The minimum absolute atomic E-state index is 0. The molecule has 0 aromatic heterocycles. The Bertz CT molecular complexity index is 2060. The van der Waals surface area contributed by atoms with Gasteiger partial charge in [-0.05, 0) is 0 Å². The number of rotatable bonds is 10. The van der Waals surface area contributed by atoms with Gasteiger partial charge >= 0.3 is 327 Å². The fraction of sp³-hybridized carbons (Fsp3) is 0.431. The second-order valence-electron chi connectivity index (χ2n) is 18.2. The fourth-order valence-corrected chi connectivity index (χ4v) is 17.9. The Morgan fingerprint density at radius 2 is 1.13 bits per heavy atom. The number of hydrogen-bond donors (Lipinski definition) is 0. The average Bonchev–Trinajstić information content (AvgIpc) is 3.71. The number of unbranched alkanes of at least 4 members (excludes halogenated alkanes) is 2. The molecule has 0 saturated heterocycles. The summed E-state index contributed by atoms with van der Waals surface area (Å²) < 4.78 is 5.53. The van der Waals surface area contributed by atoms with Gasteiger partial charge < -0.3 is 24.8 Å². The van der Waals surface area contributed by atoms with Crippen LogP contribution in [0.3, 0.4) is 0 Å². The van der Waals surface area contributed by atoms with Gasteiger partial charge in [-0.3, -0.25) is 0 Å². The third-order valence-electron chi connectivity index (χ3n) is 11.4. The first-order valence-corrected chi connectivity index (χ1v) is 23.9. The monoisotopic (exact) mass is 836 g/mol. The second-order valence-corrected chi connectivity index (χ2v) is 24.6. The van der Waals surface area contributed by atoms with E-state index in [9.17, 15) is 0 Å². The molecule has 0 bridgehead atoms. The molecule has 286 valence electrons. The van der Waals surface area contributed by atoms with Crippen molar-refractivity contribution in [2.75, 3.05) is 0 Å². The molecule has 54 heavy (non-hydrogen) atoms. The molecule has 0 nitrogen and oxygen atoms in total. The summed E-state index contributed by atoms with van der Waals surface area (Å²) in [5.41, 5.74) is 20.4. The van der Waals surface area contributed by atoms with Gasteiger partial charge in [0.25, 0.3) is 0 Å². The maximum Gasteiger partial charge on any atom is -1.00 e. The van der Waals surface area contributed by atoms with E-state index < -0.39 is 21.3 Å². The molecule has 6 rings (SSSR count). The van der Waals surface area contributed by atoms with E-state index in [1.807, 2.05) is 3.21 Å². The molecular weight excluding hydrogens is 775 g/mol. The van der Waals surface area contributed by atoms with Crippen LogP contribution in [0, 0.1) is 27.7 Å². The van der Waals surface area contributed by atoms with Gasteiger partial charge in [0.15, 0.2) is 0 Å². The zero-order chi connectivity index (χ0) is 37.5. The first-order chi connectivity index (χ1) is 24.6. The molecule has 2 aliphatic carbocycles. The van der Waals surface area contributed by atoms with Crippen LogP contribution in [0.2, 0.25) is 0 Å². The van der Waals surface area contributed by atoms with Crippen molar-refractivity contribution in [3.8, 4) is 33.4 Å². The third kappa shape index (κ3) is 9.28. The zero-order valence-corrected chi connectivity index (χ0v) is 39.3. The summed E-state index contributed by atoms with van der Waals surface area (Å²) in [4.78, 5) is 0. The Kier molecular flexibility index (Phi) is 14.7. The topological polar surface area (TPSA) is 0 Å². The molecule has 3 heteroatoms. The average molecular weight is 839 g/mol. The molecule has 0 atom stereocenters. The Morgan fingerprint density at radius 1 is 0.611 bits per heavy atom. The quantitative estimate of drug-likeness (QED) is 0.134. The van der Waals surface area contributed by atoms with Gasteiger partial charge in [0.1, 0.15) is 0 Å². The van der Waals surface area contributed by atoms with Gasteiger partial charge in [0.2, 0.25) is 0 Å². The first kappa shape index (κ1) is 44.4. The molecule has 0 radical (unpaired) electrons. The van der Waals surface area contributed by atoms with Crippen molar-refractivity contribution in [1.29, 1.82) is 0 Å². The molecule has 0 aliphatic heterocycles. The van der Waals surface area contributed by atoms with E-state index >= 15 is 0 Å². The van der Waals surface area contributed by atoms with Gasteiger partial charge in [0, 0.05) is 0 Å². The van der Waals surface area contributed by atoms with Crippen LogP contribution in [0.4, 0.5) is 0 Å². The molecule has 0 fully saturated rings. The second kappa shape index (κ2) is 17.9. The Hall–Kier alpha value is -2.31. The molecule has 0 saturated carbocycles. The molecule has 4 aromatic carbocycles. The summed E-state index contributed by atoms with van der Waals surface area (Å²) in [6.45, 7) is 28.4. The summed E-state index contributed by atoms with van der Waals surface area (Å²) in [5.74, 6) is 0. The summed E-state index contributed by atoms with van der Waals surface area (Å²) in [6.07, 6.45) is 17.3. The van der Waals surface area contributed by atoms with Crippen molar-refractivity contribution < 1.29 is 46.1 Å². The summed E-state index contributed by atoms with van der Waals surface area (Å²) in [7, 11) is 0.